The lowest BCUT2D eigenvalue weighted by atomic mass is 9.78. The second kappa shape index (κ2) is 6.17. The van der Waals surface area contributed by atoms with E-state index in [2.05, 4.69) is 18.3 Å². The van der Waals surface area contributed by atoms with E-state index in [0.717, 1.165) is 31.2 Å². The maximum Gasteiger partial charge on any atom is 0.252 e. The third-order valence-electron chi connectivity index (χ3n) is 4.36. The highest BCUT2D eigenvalue weighted by molar-refractivity contribution is 5.95. The van der Waals surface area contributed by atoms with Gasteiger partial charge in [0.15, 0.2) is 0 Å². The van der Waals surface area contributed by atoms with Crippen molar-refractivity contribution in [1.29, 1.82) is 5.26 Å². The van der Waals surface area contributed by atoms with Crippen LogP contribution in [0, 0.1) is 24.2 Å². The molecular formula is C17H22N2O2. The smallest absolute Gasteiger partial charge is 0.252 e. The Morgan fingerprint density at radius 2 is 2.10 bits per heavy atom. The summed E-state index contributed by atoms with van der Waals surface area (Å²) in [6.45, 7) is 4.12. The zero-order valence-corrected chi connectivity index (χ0v) is 12.9. The lowest BCUT2D eigenvalue weighted by Crippen LogP contribution is -2.49. The van der Waals surface area contributed by atoms with E-state index in [9.17, 15) is 10.1 Å². The monoisotopic (exact) mass is 286 g/mol. The maximum atomic E-state index is 12.4. The van der Waals surface area contributed by atoms with Crippen LogP contribution in [0.15, 0.2) is 18.2 Å². The summed E-state index contributed by atoms with van der Waals surface area (Å²) >= 11 is 0. The van der Waals surface area contributed by atoms with E-state index in [-0.39, 0.29) is 5.91 Å². The summed E-state index contributed by atoms with van der Waals surface area (Å²) in [5.41, 5.74) is 0.795. The van der Waals surface area contributed by atoms with Crippen LogP contribution >= 0.6 is 0 Å². The van der Waals surface area contributed by atoms with Crippen molar-refractivity contribution in [1.82, 2.24) is 5.32 Å². The molecule has 0 aromatic heterocycles. The molecule has 1 aromatic carbocycles. The lowest BCUT2D eigenvalue weighted by molar-refractivity contribution is 0.0893. The maximum absolute atomic E-state index is 12.4. The summed E-state index contributed by atoms with van der Waals surface area (Å²) in [6.07, 6.45) is 3.40. The van der Waals surface area contributed by atoms with Crippen molar-refractivity contribution in [3.05, 3.63) is 29.3 Å². The molecule has 0 saturated heterocycles. The molecule has 112 valence electrons. The summed E-state index contributed by atoms with van der Waals surface area (Å²) in [5.74, 6) is 1.11. The summed E-state index contributed by atoms with van der Waals surface area (Å²) < 4.78 is 5.25. The van der Waals surface area contributed by atoms with Crippen LogP contribution in [0.25, 0.3) is 0 Å². The first-order valence-electron chi connectivity index (χ1n) is 7.38. The highest BCUT2D eigenvalue weighted by Gasteiger charge is 2.35. The highest BCUT2D eigenvalue weighted by Crippen LogP contribution is 2.32. The summed E-state index contributed by atoms with van der Waals surface area (Å²) in [5, 5.41) is 12.4. The van der Waals surface area contributed by atoms with Gasteiger partial charge in [-0.25, -0.2) is 0 Å². The van der Waals surface area contributed by atoms with Gasteiger partial charge in [0.1, 0.15) is 11.3 Å². The predicted octanol–water partition coefficient (Wildman–Crippen LogP) is 3.21. The number of amides is 1. The molecule has 21 heavy (non-hydrogen) atoms. The molecular weight excluding hydrogens is 264 g/mol. The van der Waals surface area contributed by atoms with Crippen LogP contribution in [0.4, 0.5) is 0 Å². The Morgan fingerprint density at radius 3 is 2.67 bits per heavy atom. The quantitative estimate of drug-likeness (QED) is 0.928. The first-order valence-corrected chi connectivity index (χ1v) is 7.38. The zero-order chi connectivity index (χ0) is 15.5. The molecule has 1 fully saturated rings. The standard InChI is InChI=1S/C17H22N2O2/c1-12-6-8-17(11-18,9-7-12)19-16(20)14-5-4-13(2)15(10-14)21-3/h4-5,10,12H,6-9H2,1-3H3,(H,19,20). The van der Waals surface area contributed by atoms with Gasteiger partial charge in [-0.15, -0.1) is 0 Å². The summed E-state index contributed by atoms with van der Waals surface area (Å²) in [6, 6.07) is 7.66. The second-order valence-corrected chi connectivity index (χ2v) is 6.01. The van der Waals surface area contributed by atoms with Crippen molar-refractivity contribution >= 4 is 5.91 Å². The number of carbonyl (C=O) groups is 1. The van der Waals surface area contributed by atoms with Crippen molar-refractivity contribution in [2.75, 3.05) is 7.11 Å². The van der Waals surface area contributed by atoms with Gasteiger partial charge in [0.2, 0.25) is 0 Å². The first-order chi connectivity index (χ1) is 9.99. The minimum absolute atomic E-state index is 0.204. The van der Waals surface area contributed by atoms with E-state index in [1.54, 1.807) is 19.2 Å². The van der Waals surface area contributed by atoms with Gasteiger partial charge in [-0.2, -0.15) is 5.26 Å². The molecule has 0 atom stereocenters. The van der Waals surface area contributed by atoms with Crippen LogP contribution in [0.3, 0.4) is 0 Å². The van der Waals surface area contributed by atoms with Crippen LogP contribution in [-0.2, 0) is 0 Å². The number of nitrogens with zero attached hydrogens (tertiary/aromatic N) is 1. The van der Waals surface area contributed by atoms with E-state index in [1.165, 1.54) is 0 Å². The van der Waals surface area contributed by atoms with E-state index < -0.39 is 5.54 Å². The fraction of sp³-hybridized carbons (Fsp3) is 0.529. The topological polar surface area (TPSA) is 62.1 Å². The van der Waals surface area contributed by atoms with Crippen molar-refractivity contribution < 1.29 is 9.53 Å². The molecule has 0 bridgehead atoms. The fourth-order valence-corrected chi connectivity index (χ4v) is 2.77. The Kier molecular flexibility index (Phi) is 4.52. The molecule has 1 aromatic rings. The van der Waals surface area contributed by atoms with Crippen LogP contribution in [0.1, 0.15) is 48.5 Å². The van der Waals surface area contributed by atoms with E-state index in [1.807, 2.05) is 13.0 Å². The second-order valence-electron chi connectivity index (χ2n) is 6.01. The third-order valence-corrected chi connectivity index (χ3v) is 4.36. The molecule has 0 heterocycles. The minimum atomic E-state index is -0.721. The molecule has 1 amide bonds. The molecule has 1 aliphatic carbocycles. The largest absolute Gasteiger partial charge is 0.496 e. The van der Waals surface area contributed by atoms with Crippen molar-refractivity contribution in [2.45, 2.75) is 45.1 Å². The van der Waals surface area contributed by atoms with Gasteiger partial charge in [-0.05, 0) is 56.2 Å². The molecule has 0 spiro atoms. The Balaban J connectivity index is 2.15. The van der Waals surface area contributed by atoms with Gasteiger partial charge in [0.25, 0.3) is 5.91 Å². The molecule has 0 aliphatic heterocycles. The molecule has 4 nitrogen and oxygen atoms in total. The number of benzene rings is 1. The molecule has 0 radical (unpaired) electrons. The number of ether oxygens (including phenoxy) is 1. The molecule has 2 rings (SSSR count). The summed E-state index contributed by atoms with van der Waals surface area (Å²) in [7, 11) is 1.59. The average molecular weight is 286 g/mol. The van der Waals surface area contributed by atoms with Crippen molar-refractivity contribution in [3.8, 4) is 11.8 Å². The molecule has 1 aliphatic rings. The number of nitrogens with one attached hydrogen (secondary N) is 1. The molecule has 4 heteroatoms. The Labute approximate surface area is 126 Å². The van der Waals surface area contributed by atoms with Gasteiger partial charge in [0.05, 0.1) is 13.2 Å². The van der Waals surface area contributed by atoms with E-state index in [0.29, 0.717) is 17.2 Å². The predicted molar refractivity (Wildman–Crippen MR) is 81.2 cm³/mol. The van der Waals surface area contributed by atoms with E-state index in [4.69, 9.17) is 4.74 Å². The lowest BCUT2D eigenvalue weighted by Gasteiger charge is -2.34. The third kappa shape index (κ3) is 3.36. The van der Waals surface area contributed by atoms with E-state index >= 15 is 0 Å². The van der Waals surface area contributed by atoms with Crippen LogP contribution < -0.4 is 10.1 Å². The minimum Gasteiger partial charge on any atom is -0.496 e. The van der Waals surface area contributed by atoms with Gasteiger partial charge in [-0.1, -0.05) is 13.0 Å². The van der Waals surface area contributed by atoms with Gasteiger partial charge >= 0.3 is 0 Å². The SMILES string of the molecule is COc1cc(C(=O)NC2(C#N)CCC(C)CC2)ccc1C. The van der Waals surface area contributed by atoms with Gasteiger partial charge < -0.3 is 10.1 Å². The number of hydrogen-bond acceptors (Lipinski definition) is 3. The average Bonchev–Trinajstić information content (AvgIpc) is 2.50. The Bertz CT molecular complexity index is 567. The number of nitriles is 1. The van der Waals surface area contributed by atoms with Crippen LogP contribution in [0.2, 0.25) is 0 Å². The van der Waals surface area contributed by atoms with Crippen molar-refractivity contribution in [3.63, 3.8) is 0 Å². The fourth-order valence-electron chi connectivity index (χ4n) is 2.77. The normalized spacial score (nSPS) is 25.0. The Hall–Kier alpha value is -2.02. The Morgan fingerprint density at radius 1 is 1.43 bits per heavy atom. The number of methoxy groups -OCH3 is 1. The number of rotatable bonds is 3. The summed E-state index contributed by atoms with van der Waals surface area (Å²) in [4.78, 5) is 12.4. The van der Waals surface area contributed by atoms with Crippen LogP contribution in [0.5, 0.6) is 5.75 Å². The molecule has 0 unspecified atom stereocenters. The highest BCUT2D eigenvalue weighted by atomic mass is 16.5. The van der Waals surface area contributed by atoms with Crippen LogP contribution in [-0.4, -0.2) is 18.6 Å². The number of aryl methyl sites for hydroxylation is 1. The zero-order valence-electron chi connectivity index (χ0n) is 12.9. The first kappa shape index (κ1) is 15.4. The van der Waals surface area contributed by atoms with Gasteiger partial charge in [0, 0.05) is 5.56 Å². The molecule has 1 N–H and O–H groups in total. The van der Waals surface area contributed by atoms with Crippen molar-refractivity contribution in [2.24, 2.45) is 5.92 Å². The number of hydrogen-bond donors (Lipinski definition) is 1. The van der Waals surface area contributed by atoms with Gasteiger partial charge in [-0.3, -0.25) is 4.79 Å². The molecule has 1 saturated carbocycles. The number of carbonyl (C=O) groups excluding carboxylic acids is 1.